The normalized spacial score (nSPS) is 18.0. The summed E-state index contributed by atoms with van der Waals surface area (Å²) in [4.78, 5) is 54.3. The number of likely N-dealkylation sites (N-methyl/N-ethyl adjacent to an activating group) is 1. The molecule has 0 spiro atoms. The van der Waals surface area contributed by atoms with Gasteiger partial charge in [-0.2, -0.15) is 4.98 Å². The fourth-order valence-corrected chi connectivity index (χ4v) is 6.57. The van der Waals surface area contributed by atoms with Crippen molar-refractivity contribution in [3.05, 3.63) is 82.6 Å². The molecule has 0 bridgehead atoms. The number of anilines is 2. The van der Waals surface area contributed by atoms with Gasteiger partial charge in [-0.05, 0) is 55.7 Å². The summed E-state index contributed by atoms with van der Waals surface area (Å²) in [6.07, 6.45) is 2.79. The molecule has 10 nitrogen and oxygen atoms in total. The third kappa shape index (κ3) is 4.46. The van der Waals surface area contributed by atoms with Crippen LogP contribution in [0.15, 0.2) is 54.0 Å². The fourth-order valence-electron chi connectivity index (χ4n) is 6.57. The van der Waals surface area contributed by atoms with Crippen LogP contribution >= 0.6 is 0 Å². The second-order valence-corrected chi connectivity index (χ2v) is 11.8. The number of phenols is 1. The average molecular weight is 615 g/mol. The number of benzene rings is 2. The van der Waals surface area contributed by atoms with Crippen molar-refractivity contribution in [2.45, 2.75) is 45.7 Å². The fraction of sp³-hybridized carbons (Fsp3) is 0.303. The average Bonchev–Trinajstić information content (AvgIpc) is 3.08. The number of piperazine rings is 1. The van der Waals surface area contributed by atoms with E-state index in [-0.39, 0.29) is 52.9 Å². The van der Waals surface area contributed by atoms with E-state index in [9.17, 15) is 19.5 Å². The predicted molar refractivity (Wildman–Crippen MR) is 167 cm³/mol. The first-order valence-electron chi connectivity index (χ1n) is 14.6. The van der Waals surface area contributed by atoms with Crippen LogP contribution in [0, 0.1) is 18.6 Å². The van der Waals surface area contributed by atoms with E-state index >= 15 is 8.78 Å². The molecule has 2 atom stereocenters. The first kappa shape index (κ1) is 29.9. The molecule has 0 aliphatic carbocycles. The Morgan fingerprint density at radius 2 is 1.89 bits per heavy atom. The lowest BCUT2D eigenvalue weighted by Crippen LogP contribution is -2.63. The quantitative estimate of drug-likeness (QED) is 0.339. The van der Waals surface area contributed by atoms with Gasteiger partial charge in [-0.25, -0.2) is 13.6 Å². The zero-order chi connectivity index (χ0) is 32.5. The Labute approximate surface area is 257 Å². The first-order chi connectivity index (χ1) is 21.4. The lowest BCUT2D eigenvalue weighted by atomic mass is 9.98. The van der Waals surface area contributed by atoms with E-state index < -0.39 is 46.6 Å². The van der Waals surface area contributed by atoms with Crippen molar-refractivity contribution in [1.29, 1.82) is 0 Å². The lowest BCUT2D eigenvalue weighted by Gasteiger charge is -2.45. The van der Waals surface area contributed by atoms with Crippen LogP contribution in [0.25, 0.3) is 27.7 Å². The molecule has 12 heteroatoms. The van der Waals surface area contributed by atoms with Crippen molar-refractivity contribution < 1.29 is 23.5 Å². The summed E-state index contributed by atoms with van der Waals surface area (Å²) in [5.41, 5.74) is 0.132. The minimum atomic E-state index is -1.02. The molecule has 0 saturated carbocycles. The van der Waals surface area contributed by atoms with E-state index in [2.05, 4.69) is 16.5 Å². The number of carbonyl (C=O) groups is 2. The molecule has 45 heavy (non-hydrogen) atoms. The Morgan fingerprint density at radius 3 is 2.56 bits per heavy atom. The summed E-state index contributed by atoms with van der Waals surface area (Å²) < 4.78 is 33.6. The van der Waals surface area contributed by atoms with E-state index in [4.69, 9.17) is 0 Å². The van der Waals surface area contributed by atoms with Gasteiger partial charge >= 0.3 is 5.69 Å². The first-order valence-corrected chi connectivity index (χ1v) is 14.6. The molecule has 1 saturated heterocycles. The van der Waals surface area contributed by atoms with Gasteiger partial charge in [0.15, 0.2) is 5.82 Å². The Kier molecular flexibility index (Phi) is 7.18. The summed E-state index contributed by atoms with van der Waals surface area (Å²) >= 11 is 0. The van der Waals surface area contributed by atoms with Crippen LogP contribution in [0.1, 0.15) is 37.9 Å². The number of aromatic hydroxyl groups is 1. The van der Waals surface area contributed by atoms with E-state index in [0.717, 1.165) is 17.0 Å². The van der Waals surface area contributed by atoms with Crippen LogP contribution in [0.5, 0.6) is 5.75 Å². The van der Waals surface area contributed by atoms with Crippen molar-refractivity contribution in [2.75, 3.05) is 29.9 Å². The zero-order valence-electron chi connectivity index (χ0n) is 25.5. The Hall–Kier alpha value is -5.13. The summed E-state index contributed by atoms with van der Waals surface area (Å²) in [5, 5.41) is 10.9. The van der Waals surface area contributed by atoms with Crippen molar-refractivity contribution in [1.82, 2.24) is 19.4 Å². The topological polar surface area (TPSA) is 112 Å². The number of phenolic OH excluding ortho intramolecular Hbond substituents is 1. The summed E-state index contributed by atoms with van der Waals surface area (Å²) in [5.74, 6) is -3.38. The predicted octanol–water partition coefficient (Wildman–Crippen LogP) is 4.43. The van der Waals surface area contributed by atoms with Gasteiger partial charge in [0.05, 0.1) is 40.1 Å². The Morgan fingerprint density at radius 1 is 1.16 bits per heavy atom. The summed E-state index contributed by atoms with van der Waals surface area (Å²) in [6, 6.07) is 5.14. The highest BCUT2D eigenvalue weighted by Gasteiger charge is 2.45. The molecule has 232 valence electrons. The molecule has 0 radical (unpaired) electrons. The number of rotatable bonds is 4. The van der Waals surface area contributed by atoms with Gasteiger partial charge in [0.25, 0.3) is 5.91 Å². The number of aromatic nitrogens is 3. The molecule has 4 aromatic rings. The zero-order valence-corrected chi connectivity index (χ0v) is 25.5. The number of amides is 2. The maximum Gasteiger partial charge on any atom is 0.354 e. The molecule has 1 fully saturated rings. The number of pyridine rings is 1. The number of halogens is 2. The Bertz CT molecular complexity index is 1970. The van der Waals surface area contributed by atoms with Gasteiger partial charge in [0.2, 0.25) is 5.91 Å². The second kappa shape index (κ2) is 10.8. The minimum absolute atomic E-state index is 0.0552. The van der Waals surface area contributed by atoms with Gasteiger partial charge < -0.3 is 19.8 Å². The van der Waals surface area contributed by atoms with Crippen LogP contribution in [-0.2, 0) is 9.59 Å². The SMILES string of the molecule is C=CC(=O)N1CC(C)N2c3nc(=O)n(-c4c(C)ccnc4C(C)C)c4cc(-c5c(O)cccc5F)c(F)c(c34)N(C)C(=O)C2C1. The monoisotopic (exact) mass is 614 g/mol. The van der Waals surface area contributed by atoms with Crippen LogP contribution in [0.4, 0.5) is 20.3 Å². The molecule has 2 aliphatic heterocycles. The second-order valence-electron chi connectivity index (χ2n) is 11.8. The van der Waals surface area contributed by atoms with Crippen molar-refractivity contribution in [3.63, 3.8) is 0 Å². The highest BCUT2D eigenvalue weighted by molar-refractivity contribution is 6.14. The molecule has 2 aliphatic rings. The molecule has 2 amide bonds. The van der Waals surface area contributed by atoms with Crippen molar-refractivity contribution in [3.8, 4) is 22.6 Å². The van der Waals surface area contributed by atoms with E-state index in [1.54, 1.807) is 24.1 Å². The molecular weight excluding hydrogens is 582 g/mol. The molecule has 2 aromatic heterocycles. The van der Waals surface area contributed by atoms with Crippen molar-refractivity contribution >= 4 is 34.2 Å². The van der Waals surface area contributed by atoms with Crippen LogP contribution < -0.4 is 15.5 Å². The van der Waals surface area contributed by atoms with Crippen molar-refractivity contribution in [2.24, 2.45) is 0 Å². The van der Waals surface area contributed by atoms with Gasteiger partial charge in [-0.3, -0.25) is 19.1 Å². The van der Waals surface area contributed by atoms with Gasteiger partial charge in [-0.1, -0.05) is 26.5 Å². The van der Waals surface area contributed by atoms with E-state index in [0.29, 0.717) is 16.9 Å². The molecular formula is C33H32F2N6O4. The maximum absolute atomic E-state index is 16.9. The third-order valence-electron chi connectivity index (χ3n) is 8.63. The molecule has 2 unspecified atom stereocenters. The van der Waals surface area contributed by atoms with E-state index in [1.165, 1.54) is 34.7 Å². The largest absolute Gasteiger partial charge is 0.507 e. The van der Waals surface area contributed by atoms with Crippen LogP contribution in [0.3, 0.4) is 0 Å². The number of carbonyl (C=O) groups excluding carboxylic acids is 2. The van der Waals surface area contributed by atoms with E-state index in [1.807, 2.05) is 20.8 Å². The number of aryl methyl sites for hydroxylation is 1. The number of fused-ring (bicyclic) bond motifs is 2. The standard InChI is InChI=1S/C33H32F2N6O4/c1-7-24(43)39-14-18(5)40-22(15-39)32(44)38(6)30-26-21(13-19(27(30)35)25-20(34)9-8-10-23(25)42)41(33(45)37-31(26)40)29-17(4)11-12-36-28(29)16(2)3/h7-13,16,18,22,42H,1,14-15H2,2-6H3. The van der Waals surface area contributed by atoms with Crippen LogP contribution in [0.2, 0.25) is 0 Å². The summed E-state index contributed by atoms with van der Waals surface area (Å²) in [7, 11) is 1.39. The number of nitrogens with zero attached hydrogens (tertiary/aromatic N) is 6. The highest BCUT2D eigenvalue weighted by atomic mass is 19.1. The number of hydrogen-bond acceptors (Lipinski definition) is 7. The molecule has 4 heterocycles. The van der Waals surface area contributed by atoms with Gasteiger partial charge in [0, 0.05) is 31.4 Å². The highest BCUT2D eigenvalue weighted by Crippen LogP contribution is 2.46. The smallest absolute Gasteiger partial charge is 0.354 e. The lowest BCUT2D eigenvalue weighted by molar-refractivity contribution is -0.129. The molecule has 1 N–H and O–H groups in total. The Balaban J connectivity index is 1.80. The van der Waals surface area contributed by atoms with Gasteiger partial charge in [-0.15, -0.1) is 0 Å². The molecule has 6 rings (SSSR count). The van der Waals surface area contributed by atoms with Gasteiger partial charge in [0.1, 0.15) is 23.4 Å². The maximum atomic E-state index is 16.9. The minimum Gasteiger partial charge on any atom is -0.507 e. The number of hydrogen-bond donors (Lipinski definition) is 1. The third-order valence-corrected chi connectivity index (χ3v) is 8.63. The molecule has 2 aromatic carbocycles. The van der Waals surface area contributed by atoms with Crippen LogP contribution in [-0.4, -0.2) is 68.6 Å². The summed E-state index contributed by atoms with van der Waals surface area (Å²) in [6.45, 7) is 11.1.